The number of nitro benzene ring substituents is 1. The van der Waals surface area contributed by atoms with Gasteiger partial charge in [-0.2, -0.15) is 0 Å². The summed E-state index contributed by atoms with van der Waals surface area (Å²) in [4.78, 5) is 41.6. The molecule has 0 unspecified atom stereocenters. The minimum atomic E-state index is -0.892. The van der Waals surface area contributed by atoms with Gasteiger partial charge in [-0.1, -0.05) is 12.1 Å². The zero-order chi connectivity index (χ0) is 21.1. The van der Waals surface area contributed by atoms with Gasteiger partial charge in [-0.05, 0) is 24.7 Å². The Balaban J connectivity index is 2.20. The lowest BCUT2D eigenvalue weighted by Crippen LogP contribution is -2.31. The van der Waals surface area contributed by atoms with E-state index in [9.17, 15) is 19.7 Å². The molecule has 1 aliphatic heterocycles. The Morgan fingerprint density at radius 3 is 2.76 bits per heavy atom. The molecule has 2 heterocycles. The van der Waals surface area contributed by atoms with Crippen LogP contribution >= 0.6 is 12.2 Å². The summed E-state index contributed by atoms with van der Waals surface area (Å²) in [7, 11) is 1.48. The van der Waals surface area contributed by atoms with Crippen LogP contribution in [0.25, 0.3) is 0 Å². The first-order chi connectivity index (χ1) is 13.8. The summed E-state index contributed by atoms with van der Waals surface area (Å²) in [6, 6.07) is 5.78. The minimum absolute atomic E-state index is 0.0220. The number of allylic oxidation sites excluding steroid dienone is 1. The van der Waals surface area contributed by atoms with Crippen molar-refractivity contribution in [2.24, 2.45) is 0 Å². The summed E-state index contributed by atoms with van der Waals surface area (Å²) in [6.07, 6.45) is 0. The summed E-state index contributed by atoms with van der Waals surface area (Å²) in [6.45, 7) is 1.88. The second-order valence-corrected chi connectivity index (χ2v) is 6.68. The number of benzene rings is 1. The molecule has 3 rings (SSSR count). The standard InChI is InChI=1S/C18H18N4O6S/c1-9-12(17(24)28-7-6-27-2)13(10-4-3-5-11(8-10)22(25)26)14-15(19-9)20-18(29)21-16(14)23/h3-5,8,13H,6-7H2,1-2H3,(H3,19,20,21,23,29)/t13-/m1/s1. The second kappa shape index (κ2) is 8.37. The zero-order valence-electron chi connectivity index (χ0n) is 15.6. The van der Waals surface area contributed by atoms with E-state index in [0.29, 0.717) is 17.1 Å². The molecule has 0 saturated carbocycles. The van der Waals surface area contributed by atoms with Gasteiger partial charge in [0.05, 0.1) is 28.6 Å². The van der Waals surface area contributed by atoms with Crippen molar-refractivity contribution in [1.82, 2.24) is 9.97 Å². The lowest BCUT2D eigenvalue weighted by atomic mass is 9.82. The number of nitro groups is 1. The molecule has 0 aliphatic carbocycles. The van der Waals surface area contributed by atoms with E-state index in [2.05, 4.69) is 15.3 Å². The maximum Gasteiger partial charge on any atom is 0.336 e. The number of carbonyl (C=O) groups is 1. The summed E-state index contributed by atoms with van der Waals surface area (Å²) in [5.41, 5.74) is 0.521. The SMILES string of the molecule is COCCOC(=O)C1=C(C)Nc2[nH]c(=S)[nH]c(=O)c2[C@@H]1c1cccc([N+](=O)[O-])c1. The summed E-state index contributed by atoms with van der Waals surface area (Å²) in [5, 5.41) is 14.2. The van der Waals surface area contributed by atoms with E-state index in [4.69, 9.17) is 21.7 Å². The molecule has 0 saturated heterocycles. The van der Waals surface area contributed by atoms with E-state index in [-0.39, 0.29) is 34.8 Å². The van der Waals surface area contributed by atoms with Crippen LogP contribution in [0.5, 0.6) is 0 Å². The van der Waals surface area contributed by atoms with Crippen molar-refractivity contribution in [2.45, 2.75) is 12.8 Å². The fourth-order valence-corrected chi connectivity index (χ4v) is 3.40. The van der Waals surface area contributed by atoms with Crippen molar-refractivity contribution in [1.29, 1.82) is 0 Å². The van der Waals surface area contributed by atoms with E-state index in [0.717, 1.165) is 0 Å². The molecule has 0 amide bonds. The predicted octanol–water partition coefficient (Wildman–Crippen LogP) is 2.36. The van der Waals surface area contributed by atoms with Crippen molar-refractivity contribution in [3.8, 4) is 0 Å². The molecule has 29 heavy (non-hydrogen) atoms. The Bertz CT molecular complexity index is 1120. The monoisotopic (exact) mass is 418 g/mol. The largest absolute Gasteiger partial charge is 0.460 e. The molecule has 1 atom stereocenters. The summed E-state index contributed by atoms with van der Waals surface area (Å²) in [5.74, 6) is -1.23. The maximum absolute atomic E-state index is 12.8. The Morgan fingerprint density at radius 1 is 1.31 bits per heavy atom. The summed E-state index contributed by atoms with van der Waals surface area (Å²) >= 11 is 5.02. The predicted molar refractivity (Wildman–Crippen MR) is 106 cm³/mol. The number of aromatic nitrogens is 2. The van der Waals surface area contributed by atoms with Crippen molar-refractivity contribution in [2.75, 3.05) is 25.6 Å². The van der Waals surface area contributed by atoms with Gasteiger partial charge in [0.2, 0.25) is 0 Å². The number of ether oxygens (including phenoxy) is 2. The number of hydrogen-bond acceptors (Lipinski definition) is 8. The van der Waals surface area contributed by atoms with Crippen molar-refractivity contribution in [3.63, 3.8) is 0 Å². The molecule has 11 heteroatoms. The third-order valence-electron chi connectivity index (χ3n) is 4.43. The molecule has 1 aliphatic rings. The maximum atomic E-state index is 12.8. The fourth-order valence-electron chi connectivity index (χ4n) is 3.20. The number of anilines is 1. The van der Waals surface area contributed by atoms with E-state index < -0.39 is 22.4 Å². The lowest BCUT2D eigenvalue weighted by molar-refractivity contribution is -0.384. The van der Waals surface area contributed by atoms with Gasteiger partial charge in [-0.15, -0.1) is 0 Å². The molecule has 0 fully saturated rings. The van der Waals surface area contributed by atoms with Gasteiger partial charge >= 0.3 is 5.97 Å². The molecule has 0 spiro atoms. The Morgan fingerprint density at radius 2 is 2.07 bits per heavy atom. The van der Waals surface area contributed by atoms with Gasteiger partial charge in [0, 0.05) is 24.9 Å². The topological polar surface area (TPSA) is 139 Å². The van der Waals surface area contributed by atoms with Gasteiger partial charge < -0.3 is 19.8 Å². The molecule has 1 aromatic heterocycles. The molecule has 1 aromatic carbocycles. The first-order valence-electron chi connectivity index (χ1n) is 8.58. The van der Waals surface area contributed by atoms with Gasteiger partial charge in [-0.3, -0.25) is 19.9 Å². The molecular weight excluding hydrogens is 400 g/mol. The van der Waals surface area contributed by atoms with Crippen LogP contribution in [0.1, 0.15) is 24.0 Å². The first-order valence-corrected chi connectivity index (χ1v) is 8.99. The second-order valence-electron chi connectivity index (χ2n) is 6.27. The highest BCUT2D eigenvalue weighted by Gasteiger charge is 2.36. The van der Waals surface area contributed by atoms with Gasteiger partial charge in [0.15, 0.2) is 4.77 Å². The van der Waals surface area contributed by atoms with Crippen LogP contribution in [0, 0.1) is 14.9 Å². The zero-order valence-corrected chi connectivity index (χ0v) is 16.4. The number of H-pyrrole nitrogens is 2. The molecule has 152 valence electrons. The van der Waals surface area contributed by atoms with Gasteiger partial charge in [0.1, 0.15) is 12.4 Å². The lowest BCUT2D eigenvalue weighted by Gasteiger charge is -2.28. The third-order valence-corrected chi connectivity index (χ3v) is 4.63. The number of nitrogens with one attached hydrogen (secondary N) is 3. The van der Waals surface area contributed by atoms with E-state index >= 15 is 0 Å². The van der Waals surface area contributed by atoms with Crippen molar-refractivity contribution < 1.29 is 19.2 Å². The number of nitrogens with zero attached hydrogens (tertiary/aromatic N) is 1. The Labute approximate surface area is 169 Å². The van der Waals surface area contributed by atoms with Crippen LogP contribution in [0.3, 0.4) is 0 Å². The van der Waals surface area contributed by atoms with E-state index in [1.807, 2.05) is 0 Å². The normalized spacial score (nSPS) is 15.4. The molecule has 0 bridgehead atoms. The van der Waals surface area contributed by atoms with Crippen LogP contribution in [0.2, 0.25) is 0 Å². The quantitative estimate of drug-likeness (QED) is 0.214. The van der Waals surface area contributed by atoms with Crippen LogP contribution < -0.4 is 10.9 Å². The number of carbonyl (C=O) groups excluding carboxylic acids is 1. The van der Waals surface area contributed by atoms with Crippen LogP contribution in [0.4, 0.5) is 11.5 Å². The van der Waals surface area contributed by atoms with Crippen molar-refractivity contribution >= 4 is 29.7 Å². The average Bonchev–Trinajstić information content (AvgIpc) is 2.66. The van der Waals surface area contributed by atoms with Crippen LogP contribution in [-0.2, 0) is 14.3 Å². The highest BCUT2D eigenvalue weighted by Crippen LogP contribution is 2.40. The van der Waals surface area contributed by atoms with Gasteiger partial charge in [-0.25, -0.2) is 4.79 Å². The Hall–Kier alpha value is -3.31. The Kier molecular flexibility index (Phi) is 5.89. The smallest absolute Gasteiger partial charge is 0.336 e. The third kappa shape index (κ3) is 4.10. The molecular formula is C18H18N4O6S. The average molecular weight is 418 g/mol. The molecule has 3 N–H and O–H groups in total. The number of hydrogen-bond donors (Lipinski definition) is 3. The highest BCUT2D eigenvalue weighted by atomic mass is 32.1. The van der Waals surface area contributed by atoms with E-state index in [1.54, 1.807) is 13.0 Å². The summed E-state index contributed by atoms with van der Waals surface area (Å²) < 4.78 is 10.3. The fraction of sp³-hybridized carbons (Fsp3) is 0.278. The molecule has 2 aromatic rings. The van der Waals surface area contributed by atoms with Crippen molar-refractivity contribution in [3.05, 3.63) is 71.9 Å². The van der Waals surface area contributed by atoms with Gasteiger partial charge in [0.25, 0.3) is 11.2 Å². The van der Waals surface area contributed by atoms with Crippen LogP contribution in [0.15, 0.2) is 40.3 Å². The molecule has 0 radical (unpaired) electrons. The number of non-ortho nitro benzene ring substituents is 1. The highest BCUT2D eigenvalue weighted by molar-refractivity contribution is 7.71. The number of fused-ring (bicyclic) bond motifs is 1. The number of aromatic amines is 2. The van der Waals surface area contributed by atoms with E-state index in [1.165, 1.54) is 25.3 Å². The number of rotatable bonds is 6. The number of esters is 1. The first kappa shape index (κ1) is 20.4. The minimum Gasteiger partial charge on any atom is -0.460 e. The molecule has 10 nitrogen and oxygen atoms in total. The number of methoxy groups -OCH3 is 1. The van der Waals surface area contributed by atoms with Crippen LogP contribution in [-0.4, -0.2) is 41.2 Å².